The fraction of sp³-hybridized carbons (Fsp3) is 0.385. The van der Waals surface area contributed by atoms with Crippen LogP contribution in [-0.2, 0) is 51.2 Å². The predicted octanol–water partition coefficient (Wildman–Crippen LogP) is 5.25. The molecule has 2 atom stereocenters. The number of ether oxygens (including phenoxy) is 4. The number of carbonyl (C=O) groups is 5. The fourth-order valence-electron chi connectivity index (χ4n) is 8.63. The van der Waals surface area contributed by atoms with Crippen molar-refractivity contribution in [2.45, 2.75) is 51.7 Å². The van der Waals surface area contributed by atoms with Gasteiger partial charge in [0.2, 0.25) is 29.6 Å². The number of allylic oxidation sites excluding steroid dienone is 2. The van der Waals surface area contributed by atoms with Gasteiger partial charge in [0.25, 0.3) is 5.91 Å². The third-order valence-electron chi connectivity index (χ3n) is 12.6. The van der Waals surface area contributed by atoms with Gasteiger partial charge in [-0.15, -0.1) is 0 Å². The summed E-state index contributed by atoms with van der Waals surface area (Å²) in [5.41, 5.74) is 3.68. The van der Waals surface area contributed by atoms with E-state index < -0.39 is 29.0 Å². The Morgan fingerprint density at radius 2 is 1.59 bits per heavy atom. The van der Waals surface area contributed by atoms with Crippen molar-refractivity contribution in [2.24, 2.45) is 10.4 Å². The number of hydrogen-bond acceptors (Lipinski definition) is 14. The first kappa shape index (κ1) is 52.5. The number of anilines is 2. The quantitative estimate of drug-likeness (QED) is 0.0448. The summed E-state index contributed by atoms with van der Waals surface area (Å²) in [7, 11) is 0. The molecule has 384 valence electrons. The zero-order valence-corrected chi connectivity index (χ0v) is 41.0. The third kappa shape index (κ3) is 13.2. The Morgan fingerprint density at radius 1 is 0.877 bits per heavy atom. The molecule has 73 heavy (non-hydrogen) atoms. The van der Waals surface area contributed by atoms with E-state index in [4.69, 9.17) is 35.5 Å². The van der Waals surface area contributed by atoms with Crippen molar-refractivity contribution in [3.8, 4) is 11.3 Å². The number of amides is 5. The first-order valence-electron chi connectivity index (χ1n) is 24.1. The van der Waals surface area contributed by atoms with E-state index in [1.807, 2.05) is 19.1 Å². The van der Waals surface area contributed by atoms with Gasteiger partial charge < -0.3 is 45.1 Å². The highest BCUT2D eigenvalue weighted by Crippen LogP contribution is 2.36. The van der Waals surface area contributed by atoms with E-state index in [0.29, 0.717) is 135 Å². The first-order chi connectivity index (χ1) is 35.4. The van der Waals surface area contributed by atoms with E-state index >= 15 is 0 Å². The van der Waals surface area contributed by atoms with E-state index in [1.54, 1.807) is 48.7 Å². The van der Waals surface area contributed by atoms with Crippen LogP contribution in [0.2, 0.25) is 5.02 Å². The molecule has 5 amide bonds. The minimum atomic E-state index is -0.788. The number of imide groups is 1. The van der Waals surface area contributed by atoms with Crippen LogP contribution in [0, 0.1) is 17.0 Å². The monoisotopic (exact) mass is 1020 g/mol. The highest BCUT2D eigenvalue weighted by Gasteiger charge is 2.40. The summed E-state index contributed by atoms with van der Waals surface area (Å²) >= 11 is 6.36. The number of piperidine rings is 1. The molecule has 1 aromatic heterocycles. The van der Waals surface area contributed by atoms with Crippen LogP contribution < -0.4 is 26.6 Å². The Morgan fingerprint density at radius 3 is 2.30 bits per heavy atom. The number of aromatic nitrogens is 2. The van der Waals surface area contributed by atoms with Crippen LogP contribution in [0.1, 0.15) is 65.2 Å². The Balaban J connectivity index is 0.635. The number of nitrogens with one attached hydrogen (secondary N) is 5. The normalized spacial score (nSPS) is 18.0. The smallest absolute Gasteiger partial charge is 0.255 e. The first-order valence-corrected chi connectivity index (χ1v) is 24.4. The summed E-state index contributed by atoms with van der Waals surface area (Å²) in [4.78, 5) is 78.1. The van der Waals surface area contributed by atoms with E-state index in [1.165, 1.54) is 23.1 Å². The molecule has 8 rings (SSSR count). The van der Waals surface area contributed by atoms with Gasteiger partial charge in [0.1, 0.15) is 17.7 Å². The molecule has 3 aromatic carbocycles. The SMILES string of the molecule is C[C@]1(C(=O)NCCOCCOCCOCCOCCNCCC(=O)Nc2cccc3c2CN(C2CCC(=O)NC2=O)C3=O)C=CC(Nc2ncc3c(n2)-c2ccc(Cl)cc2C(c2c(F)cccc2F)=NC3)=CC1. The van der Waals surface area contributed by atoms with Crippen molar-refractivity contribution in [2.75, 3.05) is 83.1 Å². The number of hydrogen-bond donors (Lipinski definition) is 5. The van der Waals surface area contributed by atoms with Crippen LogP contribution in [-0.4, -0.2) is 129 Å². The van der Waals surface area contributed by atoms with Crippen molar-refractivity contribution in [3.63, 3.8) is 0 Å². The molecule has 0 saturated carbocycles. The molecule has 4 aromatic rings. The Hall–Kier alpha value is -6.81. The van der Waals surface area contributed by atoms with Gasteiger partial charge in [-0.25, -0.2) is 18.7 Å². The summed E-state index contributed by atoms with van der Waals surface area (Å²) in [6.07, 6.45) is 8.21. The molecule has 4 aliphatic rings. The highest BCUT2D eigenvalue weighted by atomic mass is 35.5. The van der Waals surface area contributed by atoms with Gasteiger partial charge in [-0.2, -0.15) is 0 Å². The van der Waals surface area contributed by atoms with Crippen LogP contribution in [0.15, 0.2) is 89.7 Å². The molecule has 3 aliphatic heterocycles. The lowest BCUT2D eigenvalue weighted by atomic mass is 9.82. The molecule has 18 nitrogen and oxygen atoms in total. The molecule has 1 unspecified atom stereocenters. The minimum Gasteiger partial charge on any atom is -0.378 e. The molecule has 21 heteroatoms. The molecule has 0 radical (unpaired) electrons. The lowest BCUT2D eigenvalue weighted by Crippen LogP contribution is -2.52. The summed E-state index contributed by atoms with van der Waals surface area (Å²) in [6, 6.07) is 13.1. The van der Waals surface area contributed by atoms with Crippen LogP contribution in [0.4, 0.5) is 20.4 Å². The zero-order valence-electron chi connectivity index (χ0n) is 40.2. The second kappa shape index (κ2) is 24.7. The van der Waals surface area contributed by atoms with Crippen molar-refractivity contribution >= 4 is 58.5 Å². The molecule has 5 N–H and O–H groups in total. The van der Waals surface area contributed by atoms with Gasteiger partial charge in [-0.05, 0) is 62.2 Å². The topological polar surface area (TPSA) is 224 Å². The van der Waals surface area contributed by atoms with E-state index in [2.05, 4.69) is 36.6 Å². The third-order valence-corrected chi connectivity index (χ3v) is 12.8. The average molecular weight is 1020 g/mol. The molecule has 1 saturated heterocycles. The lowest BCUT2D eigenvalue weighted by molar-refractivity contribution is -0.137. The molecule has 0 spiro atoms. The Kier molecular flexibility index (Phi) is 17.8. The standard InChI is InChI=1S/C52H56ClF2N9O9/c1-52(15-12-34(13-16-52)60-51-59-30-32-29-58-47(45-39(54)5-3-6-40(45)55)37-28-33(53)8-9-35(37)46(32)63-51)50(69)57-19-21-71-23-25-73-27-26-72-24-22-70-20-18-56-17-14-44(66)61-41-7-2-4-36-38(41)31-64(49(36)68)42-10-11-43(65)62-48(42)67/h2-9,12-13,15,28,30,42,56H,10-11,14,16-27,29,31H2,1H3,(H,57,69)(H,61,66)(H,59,60,63)(H,62,65,67)/t42?,52-/m0/s1. The van der Waals surface area contributed by atoms with Crippen LogP contribution in [0.3, 0.4) is 0 Å². The van der Waals surface area contributed by atoms with Crippen molar-refractivity contribution < 1.29 is 51.7 Å². The largest absolute Gasteiger partial charge is 0.378 e. The van der Waals surface area contributed by atoms with Crippen molar-refractivity contribution in [1.29, 1.82) is 0 Å². The molecule has 4 heterocycles. The number of nitrogens with zero attached hydrogens (tertiary/aromatic N) is 4. The Labute approximate surface area is 425 Å². The average Bonchev–Trinajstić information content (AvgIpc) is 3.62. The maximum atomic E-state index is 14.9. The summed E-state index contributed by atoms with van der Waals surface area (Å²) in [6.45, 7) is 6.43. The van der Waals surface area contributed by atoms with Crippen LogP contribution >= 0.6 is 11.6 Å². The Bertz CT molecular complexity index is 2810. The maximum absolute atomic E-state index is 14.9. The van der Waals surface area contributed by atoms with E-state index in [9.17, 15) is 32.8 Å². The number of halogens is 3. The molecular weight excluding hydrogens is 968 g/mol. The second-order valence-electron chi connectivity index (χ2n) is 17.7. The van der Waals surface area contributed by atoms with E-state index in [0.717, 1.165) is 0 Å². The number of aliphatic imine (C=N–C) groups is 1. The lowest BCUT2D eigenvalue weighted by Gasteiger charge is -2.29. The maximum Gasteiger partial charge on any atom is 0.255 e. The van der Waals surface area contributed by atoms with Gasteiger partial charge >= 0.3 is 0 Å². The molecule has 1 aliphatic carbocycles. The van der Waals surface area contributed by atoms with E-state index in [-0.39, 0.29) is 67.3 Å². The number of carbonyl (C=O) groups excluding carboxylic acids is 5. The van der Waals surface area contributed by atoms with Gasteiger partial charge in [-0.1, -0.05) is 42.0 Å². The number of fused-ring (bicyclic) bond motifs is 4. The zero-order chi connectivity index (χ0) is 51.3. The summed E-state index contributed by atoms with van der Waals surface area (Å²) < 4.78 is 52.2. The fourth-order valence-corrected chi connectivity index (χ4v) is 8.80. The summed E-state index contributed by atoms with van der Waals surface area (Å²) in [5, 5.41) is 14.9. The van der Waals surface area contributed by atoms with Crippen LogP contribution in [0.25, 0.3) is 11.3 Å². The molecular formula is C52H56ClF2N9O9. The van der Waals surface area contributed by atoms with Crippen molar-refractivity contribution in [1.82, 2.24) is 30.8 Å². The van der Waals surface area contributed by atoms with Gasteiger partial charge in [-0.3, -0.25) is 34.3 Å². The van der Waals surface area contributed by atoms with Gasteiger partial charge in [0.15, 0.2) is 0 Å². The van der Waals surface area contributed by atoms with Gasteiger partial charge in [0.05, 0.1) is 81.8 Å². The van der Waals surface area contributed by atoms with Crippen LogP contribution in [0.5, 0.6) is 0 Å². The summed E-state index contributed by atoms with van der Waals surface area (Å²) in [5.74, 6) is -2.68. The second-order valence-corrected chi connectivity index (χ2v) is 18.2. The van der Waals surface area contributed by atoms with Gasteiger partial charge in [0, 0.05) is 89.4 Å². The number of benzene rings is 3. The predicted molar refractivity (Wildman–Crippen MR) is 267 cm³/mol. The molecule has 1 fully saturated rings. The highest BCUT2D eigenvalue weighted by molar-refractivity contribution is 6.31. The molecule has 0 bridgehead atoms. The van der Waals surface area contributed by atoms with Crippen molar-refractivity contribution in [3.05, 3.63) is 129 Å². The minimum absolute atomic E-state index is 0.0940. The number of rotatable bonds is 24.